The largest absolute Gasteiger partial charge is 0.361 e. The van der Waals surface area contributed by atoms with Crippen LogP contribution in [0.15, 0.2) is 4.52 Å². The molecule has 6 heteroatoms. The highest BCUT2D eigenvalue weighted by atomic mass is 16.5. The van der Waals surface area contributed by atoms with Crippen molar-refractivity contribution in [3.05, 3.63) is 17.0 Å². The van der Waals surface area contributed by atoms with E-state index in [4.69, 9.17) is 4.52 Å². The number of aryl methyl sites for hydroxylation is 2. The van der Waals surface area contributed by atoms with Gasteiger partial charge in [-0.15, -0.1) is 0 Å². The Balaban J connectivity index is 1.52. The van der Waals surface area contributed by atoms with E-state index in [1.807, 2.05) is 23.6 Å². The van der Waals surface area contributed by atoms with E-state index in [1.54, 1.807) is 0 Å². The number of hydrogen-bond donors (Lipinski definition) is 0. The molecule has 2 fully saturated rings. The Labute approximate surface area is 136 Å². The molecule has 0 bridgehead atoms. The zero-order valence-electron chi connectivity index (χ0n) is 14.0. The van der Waals surface area contributed by atoms with E-state index in [1.165, 1.54) is 12.8 Å². The molecule has 1 aromatic rings. The Bertz CT molecular complexity index is 562. The van der Waals surface area contributed by atoms with Gasteiger partial charge < -0.3 is 14.3 Å². The van der Waals surface area contributed by atoms with Crippen LogP contribution in [-0.2, 0) is 16.0 Å². The zero-order valence-corrected chi connectivity index (χ0v) is 14.0. The number of carbonyl (C=O) groups excluding carboxylic acids is 2. The van der Waals surface area contributed by atoms with Crippen molar-refractivity contribution in [1.82, 2.24) is 15.0 Å². The smallest absolute Gasteiger partial charge is 0.227 e. The molecule has 3 rings (SSSR count). The van der Waals surface area contributed by atoms with Crippen molar-refractivity contribution in [2.45, 2.75) is 46.0 Å². The lowest BCUT2D eigenvalue weighted by Crippen LogP contribution is -2.52. The van der Waals surface area contributed by atoms with Gasteiger partial charge in [-0.3, -0.25) is 9.59 Å². The summed E-state index contributed by atoms with van der Waals surface area (Å²) in [4.78, 5) is 28.7. The first-order chi connectivity index (χ1) is 11.1. The van der Waals surface area contributed by atoms with Gasteiger partial charge in [0.05, 0.1) is 12.1 Å². The molecule has 1 aliphatic heterocycles. The van der Waals surface area contributed by atoms with Gasteiger partial charge in [-0.1, -0.05) is 18.0 Å². The molecule has 2 heterocycles. The van der Waals surface area contributed by atoms with Gasteiger partial charge in [0.1, 0.15) is 5.76 Å². The molecule has 126 valence electrons. The van der Waals surface area contributed by atoms with Crippen LogP contribution in [0.25, 0.3) is 0 Å². The Kier molecular flexibility index (Phi) is 4.68. The minimum atomic E-state index is 0.0902. The number of rotatable bonds is 3. The first-order valence-electron chi connectivity index (χ1n) is 8.54. The van der Waals surface area contributed by atoms with Gasteiger partial charge >= 0.3 is 0 Å². The average Bonchev–Trinajstić information content (AvgIpc) is 3.20. The fraction of sp³-hybridized carbons (Fsp3) is 0.706. The third-order valence-electron chi connectivity index (χ3n) is 5.16. The van der Waals surface area contributed by atoms with Gasteiger partial charge in [-0.05, 0) is 26.7 Å². The van der Waals surface area contributed by atoms with E-state index in [0.29, 0.717) is 44.3 Å². The number of aromatic nitrogens is 1. The lowest BCUT2D eigenvalue weighted by molar-refractivity contribution is -0.141. The monoisotopic (exact) mass is 319 g/mol. The SMILES string of the molecule is Cc1noc(C)c1CC(=O)N1CCN(C(=O)C2CCCC2)CC1. The number of carbonyl (C=O) groups is 2. The first kappa shape index (κ1) is 16.0. The molecule has 6 nitrogen and oxygen atoms in total. The van der Waals surface area contributed by atoms with Gasteiger partial charge in [-0.2, -0.15) is 0 Å². The number of nitrogens with zero attached hydrogens (tertiary/aromatic N) is 3. The maximum absolute atomic E-state index is 12.5. The van der Waals surface area contributed by atoms with E-state index in [9.17, 15) is 9.59 Å². The molecule has 1 aromatic heterocycles. The summed E-state index contributed by atoms with van der Waals surface area (Å²) in [6, 6.07) is 0. The Hall–Kier alpha value is -1.85. The summed E-state index contributed by atoms with van der Waals surface area (Å²) in [5.74, 6) is 1.32. The van der Waals surface area contributed by atoms with Crippen molar-refractivity contribution in [2.75, 3.05) is 26.2 Å². The molecule has 0 N–H and O–H groups in total. The van der Waals surface area contributed by atoms with E-state index < -0.39 is 0 Å². The molecule has 23 heavy (non-hydrogen) atoms. The fourth-order valence-corrected chi connectivity index (χ4v) is 3.62. The molecule has 1 saturated carbocycles. The van der Waals surface area contributed by atoms with Crippen LogP contribution in [0, 0.1) is 19.8 Å². The van der Waals surface area contributed by atoms with Crippen LogP contribution in [0.2, 0.25) is 0 Å². The topological polar surface area (TPSA) is 66.7 Å². The van der Waals surface area contributed by atoms with Crippen LogP contribution < -0.4 is 0 Å². The van der Waals surface area contributed by atoms with Gasteiger partial charge in [0.2, 0.25) is 11.8 Å². The third kappa shape index (κ3) is 3.41. The highest BCUT2D eigenvalue weighted by Gasteiger charge is 2.30. The second-order valence-corrected chi connectivity index (χ2v) is 6.67. The molecule has 0 unspecified atom stereocenters. The molecule has 1 saturated heterocycles. The lowest BCUT2D eigenvalue weighted by Gasteiger charge is -2.36. The summed E-state index contributed by atoms with van der Waals surface area (Å²) in [5.41, 5.74) is 1.67. The maximum atomic E-state index is 12.5. The van der Waals surface area contributed by atoms with E-state index in [2.05, 4.69) is 5.16 Å². The van der Waals surface area contributed by atoms with Gasteiger partial charge in [0.25, 0.3) is 0 Å². The van der Waals surface area contributed by atoms with Gasteiger partial charge in [0.15, 0.2) is 0 Å². The van der Waals surface area contributed by atoms with Gasteiger partial charge in [-0.25, -0.2) is 0 Å². The molecular formula is C17H25N3O3. The predicted molar refractivity (Wildman–Crippen MR) is 84.8 cm³/mol. The summed E-state index contributed by atoms with van der Waals surface area (Å²) in [5, 5.41) is 3.90. The first-order valence-corrected chi connectivity index (χ1v) is 8.54. The number of amides is 2. The molecule has 2 aliphatic rings. The van der Waals surface area contributed by atoms with Crippen LogP contribution in [0.3, 0.4) is 0 Å². The highest BCUT2D eigenvalue weighted by molar-refractivity contribution is 5.81. The standard InChI is InChI=1S/C17H25N3O3/c1-12-15(13(2)23-18-12)11-16(21)19-7-9-20(10-8-19)17(22)14-5-3-4-6-14/h14H,3-11H2,1-2H3. The molecule has 0 radical (unpaired) electrons. The van der Waals surface area contributed by atoms with E-state index in [-0.39, 0.29) is 11.8 Å². The van der Waals surface area contributed by atoms with Crippen molar-refractivity contribution < 1.29 is 14.1 Å². The van der Waals surface area contributed by atoms with Crippen molar-refractivity contribution in [1.29, 1.82) is 0 Å². The quantitative estimate of drug-likeness (QED) is 0.850. The van der Waals surface area contributed by atoms with Crippen molar-refractivity contribution in [3.63, 3.8) is 0 Å². The maximum Gasteiger partial charge on any atom is 0.227 e. The molecule has 0 spiro atoms. The summed E-state index contributed by atoms with van der Waals surface area (Å²) in [7, 11) is 0. The van der Waals surface area contributed by atoms with Crippen LogP contribution in [0.5, 0.6) is 0 Å². The van der Waals surface area contributed by atoms with E-state index in [0.717, 1.165) is 24.1 Å². The molecular weight excluding hydrogens is 294 g/mol. The lowest BCUT2D eigenvalue weighted by atomic mass is 10.1. The molecule has 2 amide bonds. The Morgan fingerprint density at radius 3 is 2.26 bits per heavy atom. The Morgan fingerprint density at radius 2 is 1.70 bits per heavy atom. The normalized spacial score (nSPS) is 19.4. The van der Waals surface area contributed by atoms with Crippen molar-refractivity contribution in [3.8, 4) is 0 Å². The van der Waals surface area contributed by atoms with Crippen LogP contribution >= 0.6 is 0 Å². The minimum absolute atomic E-state index is 0.0902. The number of piperazine rings is 1. The second kappa shape index (κ2) is 6.72. The molecule has 0 aromatic carbocycles. The summed E-state index contributed by atoms with van der Waals surface area (Å²) >= 11 is 0. The van der Waals surface area contributed by atoms with Crippen molar-refractivity contribution in [2.24, 2.45) is 5.92 Å². The summed E-state index contributed by atoms with van der Waals surface area (Å²) < 4.78 is 5.12. The number of hydrogen-bond acceptors (Lipinski definition) is 4. The average molecular weight is 319 g/mol. The zero-order chi connectivity index (χ0) is 16.4. The predicted octanol–water partition coefficient (Wildman–Crippen LogP) is 1.69. The van der Waals surface area contributed by atoms with Crippen molar-refractivity contribution >= 4 is 11.8 Å². The second-order valence-electron chi connectivity index (χ2n) is 6.67. The highest BCUT2D eigenvalue weighted by Crippen LogP contribution is 2.27. The van der Waals surface area contributed by atoms with Crippen LogP contribution in [0.1, 0.15) is 42.7 Å². The Morgan fingerprint density at radius 1 is 1.09 bits per heavy atom. The molecule has 1 aliphatic carbocycles. The molecule has 0 atom stereocenters. The third-order valence-corrected chi connectivity index (χ3v) is 5.16. The van der Waals surface area contributed by atoms with Crippen LogP contribution in [0.4, 0.5) is 0 Å². The van der Waals surface area contributed by atoms with Gasteiger partial charge in [0, 0.05) is 37.7 Å². The van der Waals surface area contributed by atoms with Crippen LogP contribution in [-0.4, -0.2) is 52.9 Å². The fourth-order valence-electron chi connectivity index (χ4n) is 3.62. The van der Waals surface area contributed by atoms with E-state index >= 15 is 0 Å². The minimum Gasteiger partial charge on any atom is -0.361 e. The summed E-state index contributed by atoms with van der Waals surface area (Å²) in [6.45, 7) is 6.25. The summed E-state index contributed by atoms with van der Waals surface area (Å²) in [6.07, 6.45) is 4.74.